The third-order valence-electron chi connectivity index (χ3n) is 8.44. The molecule has 7 heteroatoms. The number of esters is 1. The summed E-state index contributed by atoms with van der Waals surface area (Å²) in [5, 5.41) is 3.59. The summed E-state index contributed by atoms with van der Waals surface area (Å²) in [6.07, 6.45) is 5.36. The van der Waals surface area contributed by atoms with Crippen LogP contribution in [0.15, 0.2) is 42.5 Å². The summed E-state index contributed by atoms with van der Waals surface area (Å²) in [6.45, 7) is 8.87. The Labute approximate surface area is 231 Å². The number of fused-ring (bicyclic) bond motifs is 1. The van der Waals surface area contributed by atoms with Crippen molar-refractivity contribution in [2.24, 2.45) is 11.8 Å². The molecule has 1 amide bonds. The SMILES string of the molecule is Cc1cccc(F)c1C(=O)N1[C@@H]2CCC[C@@H]2C[C@H](C(=O)OC(C)(C)C)[C@@H]1c1ccc(NC2CCOCC2)cc1. The number of benzene rings is 2. The second-order valence-electron chi connectivity index (χ2n) is 12.4. The van der Waals surface area contributed by atoms with Gasteiger partial charge in [-0.05, 0) is 95.0 Å². The maximum atomic E-state index is 15.1. The number of likely N-dealkylation sites (tertiary alicyclic amines) is 1. The number of ether oxygens (including phenoxy) is 2. The smallest absolute Gasteiger partial charge is 0.311 e. The molecule has 2 saturated heterocycles. The summed E-state index contributed by atoms with van der Waals surface area (Å²) in [5.74, 6) is -1.52. The van der Waals surface area contributed by atoms with Crippen LogP contribution in [0, 0.1) is 24.6 Å². The van der Waals surface area contributed by atoms with Gasteiger partial charge in [-0.3, -0.25) is 9.59 Å². The van der Waals surface area contributed by atoms with Crippen molar-refractivity contribution in [3.63, 3.8) is 0 Å². The number of carbonyl (C=O) groups excluding carboxylic acids is 2. The van der Waals surface area contributed by atoms with E-state index in [4.69, 9.17) is 9.47 Å². The van der Waals surface area contributed by atoms with Crippen molar-refractivity contribution < 1.29 is 23.5 Å². The highest BCUT2D eigenvalue weighted by atomic mass is 19.1. The standard InChI is InChI=1S/C32H41FN2O4/c1-20-7-5-9-26(33)28(20)30(36)35-27-10-6-8-22(27)19-25(31(37)39-32(2,3)4)29(35)21-11-13-23(14-12-21)34-24-15-17-38-18-16-24/h5,7,9,11-14,22,24-25,27,29,34H,6,8,10,15-19H2,1-4H3/t22-,25+,27-,29+/m1/s1. The van der Waals surface area contributed by atoms with Crippen molar-refractivity contribution in [1.82, 2.24) is 4.90 Å². The van der Waals surface area contributed by atoms with Crippen molar-refractivity contribution in [1.29, 1.82) is 0 Å². The van der Waals surface area contributed by atoms with Crippen LogP contribution in [0.25, 0.3) is 0 Å². The molecule has 5 rings (SSSR count). The number of piperidine rings is 1. The normalized spacial score (nSPS) is 25.7. The van der Waals surface area contributed by atoms with Crippen LogP contribution < -0.4 is 5.32 Å². The second-order valence-corrected chi connectivity index (χ2v) is 12.4. The van der Waals surface area contributed by atoms with E-state index in [1.807, 2.05) is 49.9 Å². The zero-order valence-corrected chi connectivity index (χ0v) is 23.5. The fraction of sp³-hybridized carbons (Fsp3) is 0.562. The fourth-order valence-electron chi connectivity index (χ4n) is 6.67. The molecule has 210 valence electrons. The molecule has 1 aliphatic carbocycles. The quantitative estimate of drug-likeness (QED) is 0.446. The molecule has 2 aromatic carbocycles. The number of rotatable bonds is 5. The van der Waals surface area contributed by atoms with Crippen LogP contribution in [0.1, 0.15) is 86.8 Å². The molecule has 0 unspecified atom stereocenters. The summed E-state index contributed by atoms with van der Waals surface area (Å²) in [6, 6.07) is 12.6. The molecule has 39 heavy (non-hydrogen) atoms. The topological polar surface area (TPSA) is 67.9 Å². The van der Waals surface area contributed by atoms with Gasteiger partial charge in [-0.15, -0.1) is 0 Å². The largest absolute Gasteiger partial charge is 0.460 e. The molecule has 0 aromatic heterocycles. The number of aryl methyl sites for hydroxylation is 1. The zero-order chi connectivity index (χ0) is 27.7. The highest BCUT2D eigenvalue weighted by molar-refractivity contribution is 5.97. The van der Waals surface area contributed by atoms with Crippen LogP contribution >= 0.6 is 0 Å². The number of hydrogen-bond donors (Lipinski definition) is 1. The van der Waals surface area contributed by atoms with Crippen molar-refractivity contribution in [3.8, 4) is 0 Å². The van der Waals surface area contributed by atoms with E-state index in [2.05, 4.69) is 5.32 Å². The van der Waals surface area contributed by atoms with Crippen LogP contribution in [0.4, 0.5) is 10.1 Å². The average Bonchev–Trinajstić information content (AvgIpc) is 3.36. The molecule has 4 atom stereocenters. The Hall–Kier alpha value is -2.93. The van der Waals surface area contributed by atoms with Gasteiger partial charge in [0.15, 0.2) is 0 Å². The minimum Gasteiger partial charge on any atom is -0.460 e. The fourth-order valence-corrected chi connectivity index (χ4v) is 6.67. The molecule has 3 fully saturated rings. The Morgan fingerprint density at radius 1 is 1.03 bits per heavy atom. The zero-order valence-electron chi connectivity index (χ0n) is 23.5. The molecular formula is C32H41FN2O4. The van der Waals surface area contributed by atoms with Gasteiger partial charge in [-0.1, -0.05) is 30.7 Å². The highest BCUT2D eigenvalue weighted by Gasteiger charge is 2.51. The van der Waals surface area contributed by atoms with Gasteiger partial charge in [0.25, 0.3) is 5.91 Å². The van der Waals surface area contributed by atoms with Gasteiger partial charge in [0, 0.05) is 31.0 Å². The third kappa shape index (κ3) is 5.98. The Morgan fingerprint density at radius 3 is 2.41 bits per heavy atom. The van der Waals surface area contributed by atoms with Crippen LogP contribution in [0.3, 0.4) is 0 Å². The van der Waals surface area contributed by atoms with Crippen molar-refractivity contribution >= 4 is 17.6 Å². The van der Waals surface area contributed by atoms with Crippen LogP contribution in [0.5, 0.6) is 0 Å². The minimum atomic E-state index is -0.650. The highest BCUT2D eigenvalue weighted by Crippen LogP contribution is 2.49. The van der Waals surface area contributed by atoms with E-state index in [0.717, 1.165) is 56.6 Å². The summed E-state index contributed by atoms with van der Waals surface area (Å²) < 4.78 is 26.5. The van der Waals surface area contributed by atoms with E-state index in [1.165, 1.54) is 6.07 Å². The first-order chi connectivity index (χ1) is 18.6. The van der Waals surface area contributed by atoms with Gasteiger partial charge in [0.2, 0.25) is 0 Å². The van der Waals surface area contributed by atoms with Gasteiger partial charge in [0.1, 0.15) is 11.4 Å². The molecular weight excluding hydrogens is 495 g/mol. The summed E-state index contributed by atoms with van der Waals surface area (Å²) in [4.78, 5) is 29.8. The Bertz CT molecular complexity index is 1170. The molecule has 2 aromatic rings. The lowest BCUT2D eigenvalue weighted by atomic mass is 9.76. The van der Waals surface area contributed by atoms with Crippen LogP contribution in [-0.4, -0.2) is 47.7 Å². The molecule has 0 radical (unpaired) electrons. The second kappa shape index (κ2) is 11.3. The number of nitrogens with zero attached hydrogens (tertiary/aromatic N) is 1. The van der Waals surface area contributed by atoms with Gasteiger partial charge >= 0.3 is 5.97 Å². The Morgan fingerprint density at radius 2 is 1.74 bits per heavy atom. The Balaban J connectivity index is 1.54. The summed E-state index contributed by atoms with van der Waals surface area (Å²) >= 11 is 0. The number of nitrogens with one attached hydrogen (secondary N) is 1. The molecule has 6 nitrogen and oxygen atoms in total. The van der Waals surface area contributed by atoms with Gasteiger partial charge in [-0.2, -0.15) is 0 Å². The predicted octanol–water partition coefficient (Wildman–Crippen LogP) is 6.44. The monoisotopic (exact) mass is 536 g/mol. The van der Waals surface area contributed by atoms with Crippen molar-refractivity contribution in [2.45, 2.75) is 89.9 Å². The van der Waals surface area contributed by atoms with E-state index in [1.54, 1.807) is 19.1 Å². The van der Waals surface area contributed by atoms with E-state index >= 15 is 4.39 Å². The minimum absolute atomic E-state index is 0.0415. The van der Waals surface area contributed by atoms with E-state index in [9.17, 15) is 9.59 Å². The van der Waals surface area contributed by atoms with E-state index in [0.29, 0.717) is 18.0 Å². The molecule has 0 spiro atoms. The average molecular weight is 537 g/mol. The number of carbonyl (C=O) groups is 2. The molecule has 3 aliphatic rings. The van der Waals surface area contributed by atoms with Gasteiger partial charge in [-0.25, -0.2) is 4.39 Å². The number of hydrogen-bond acceptors (Lipinski definition) is 5. The first-order valence-corrected chi connectivity index (χ1v) is 14.4. The first-order valence-electron chi connectivity index (χ1n) is 14.4. The van der Waals surface area contributed by atoms with E-state index in [-0.39, 0.29) is 29.4 Å². The van der Waals surface area contributed by atoms with E-state index < -0.39 is 23.4 Å². The molecule has 1 N–H and O–H groups in total. The maximum absolute atomic E-state index is 15.1. The number of amides is 1. The first kappa shape index (κ1) is 27.6. The van der Waals surface area contributed by atoms with Crippen molar-refractivity contribution in [3.05, 3.63) is 65.0 Å². The van der Waals surface area contributed by atoms with Gasteiger partial charge < -0.3 is 19.7 Å². The molecule has 2 heterocycles. The third-order valence-corrected chi connectivity index (χ3v) is 8.44. The predicted molar refractivity (Wildman–Crippen MR) is 149 cm³/mol. The maximum Gasteiger partial charge on any atom is 0.311 e. The lowest BCUT2D eigenvalue weighted by molar-refractivity contribution is -0.165. The molecule has 0 bridgehead atoms. The Kier molecular flexibility index (Phi) is 7.99. The van der Waals surface area contributed by atoms with Crippen molar-refractivity contribution in [2.75, 3.05) is 18.5 Å². The molecule has 2 aliphatic heterocycles. The molecule has 1 saturated carbocycles. The van der Waals surface area contributed by atoms with Crippen LogP contribution in [-0.2, 0) is 14.3 Å². The lowest BCUT2D eigenvalue weighted by Gasteiger charge is -2.48. The van der Waals surface area contributed by atoms with Gasteiger partial charge in [0.05, 0.1) is 17.5 Å². The summed E-state index contributed by atoms with van der Waals surface area (Å²) in [5.41, 5.74) is 1.91. The number of halogens is 1. The lowest BCUT2D eigenvalue weighted by Crippen LogP contribution is -2.54. The van der Waals surface area contributed by atoms with Crippen LogP contribution in [0.2, 0.25) is 0 Å². The number of anilines is 1. The summed E-state index contributed by atoms with van der Waals surface area (Å²) in [7, 11) is 0.